The van der Waals surface area contributed by atoms with E-state index in [0.29, 0.717) is 41.3 Å². The number of benzene rings is 2. The zero-order valence-corrected chi connectivity index (χ0v) is 16.6. The Morgan fingerprint density at radius 1 is 1.17 bits per heavy atom. The lowest BCUT2D eigenvalue weighted by Gasteiger charge is -2.18. The second kappa shape index (κ2) is 10.6. The largest absolute Gasteiger partial charge is 0.493 e. The van der Waals surface area contributed by atoms with Crippen LogP contribution in [0.1, 0.15) is 28.4 Å². The zero-order chi connectivity index (χ0) is 21.2. The Kier molecular flexibility index (Phi) is 7.86. The van der Waals surface area contributed by atoms with Crippen molar-refractivity contribution in [3.05, 3.63) is 53.1 Å². The second-order valence-corrected chi connectivity index (χ2v) is 6.32. The van der Waals surface area contributed by atoms with Crippen molar-refractivity contribution in [2.75, 3.05) is 26.1 Å². The van der Waals surface area contributed by atoms with Crippen LogP contribution in [0.4, 0.5) is 5.69 Å². The molecule has 0 aliphatic heterocycles. The van der Waals surface area contributed by atoms with E-state index in [0.717, 1.165) is 5.56 Å². The average molecular weight is 396 g/mol. The Labute approximate surface area is 169 Å². The molecule has 2 aromatic carbocycles. The van der Waals surface area contributed by atoms with Crippen molar-refractivity contribution in [2.24, 2.45) is 0 Å². The summed E-state index contributed by atoms with van der Waals surface area (Å²) in [5, 5.41) is 17.8. The van der Waals surface area contributed by atoms with E-state index in [1.165, 1.54) is 6.07 Å². The molecule has 0 saturated carbocycles. The van der Waals surface area contributed by atoms with Gasteiger partial charge in [-0.3, -0.25) is 9.59 Å². The van der Waals surface area contributed by atoms with Crippen molar-refractivity contribution in [1.82, 2.24) is 10.6 Å². The summed E-state index contributed by atoms with van der Waals surface area (Å²) in [5.41, 5.74) is 2.15. The topological polar surface area (TPSA) is 112 Å². The number of hydrogen-bond acceptors (Lipinski definition) is 6. The number of nitrogens with zero attached hydrogens (tertiary/aromatic N) is 1. The van der Waals surface area contributed by atoms with Gasteiger partial charge in [-0.2, -0.15) is 5.26 Å². The lowest BCUT2D eigenvalue weighted by atomic mass is 10.1. The molecule has 8 nitrogen and oxygen atoms in total. The van der Waals surface area contributed by atoms with E-state index in [9.17, 15) is 14.9 Å². The third-order valence-electron chi connectivity index (χ3n) is 4.20. The minimum atomic E-state index is -0.324. The number of hydrogen-bond donors (Lipinski definition) is 3. The molecule has 8 heteroatoms. The number of nitrogens with one attached hydrogen (secondary N) is 3. The van der Waals surface area contributed by atoms with Crippen molar-refractivity contribution in [3.63, 3.8) is 0 Å². The quantitative estimate of drug-likeness (QED) is 0.530. The number of ether oxygens (including phenoxy) is 2. The van der Waals surface area contributed by atoms with Crippen LogP contribution in [-0.4, -0.2) is 39.1 Å². The van der Waals surface area contributed by atoms with Gasteiger partial charge in [-0.05, 0) is 42.8 Å². The Morgan fingerprint density at radius 2 is 1.93 bits per heavy atom. The molecule has 0 saturated heterocycles. The van der Waals surface area contributed by atoms with E-state index in [1.807, 2.05) is 19.1 Å². The van der Waals surface area contributed by atoms with Crippen LogP contribution in [-0.2, 0) is 11.3 Å². The highest BCUT2D eigenvalue weighted by Gasteiger charge is 2.15. The predicted octanol–water partition coefficient (Wildman–Crippen LogP) is 2.05. The summed E-state index contributed by atoms with van der Waals surface area (Å²) in [6.45, 7) is 2.55. The molecule has 0 radical (unpaired) electrons. The number of methoxy groups -OCH3 is 2. The van der Waals surface area contributed by atoms with E-state index in [-0.39, 0.29) is 18.5 Å². The molecule has 0 heterocycles. The van der Waals surface area contributed by atoms with Crippen LogP contribution >= 0.6 is 0 Å². The molecule has 0 unspecified atom stereocenters. The molecule has 2 rings (SSSR count). The highest BCUT2D eigenvalue weighted by Crippen LogP contribution is 2.27. The highest BCUT2D eigenvalue weighted by molar-refractivity contribution is 6.00. The van der Waals surface area contributed by atoms with Crippen LogP contribution in [0.5, 0.6) is 11.5 Å². The molecule has 152 valence electrons. The van der Waals surface area contributed by atoms with Crippen molar-refractivity contribution in [1.29, 1.82) is 5.26 Å². The van der Waals surface area contributed by atoms with Gasteiger partial charge in [0.05, 0.1) is 31.4 Å². The summed E-state index contributed by atoms with van der Waals surface area (Å²) < 4.78 is 10.5. The smallest absolute Gasteiger partial charge is 0.253 e. The summed E-state index contributed by atoms with van der Waals surface area (Å²) in [7, 11) is 3.10. The minimum absolute atomic E-state index is 0.106. The molecule has 0 aromatic heterocycles. The standard InChI is InChI=1S/C21H24N4O4/c1-14(11-23-13-26)25-18-6-4-15(10-22)8-17(18)21(27)24-12-16-5-7-19(28-2)20(9-16)29-3/h4-9,13-14,25H,11-12H2,1-3H3,(H,23,26)(H,24,27)/t14-/m0/s1. The zero-order valence-electron chi connectivity index (χ0n) is 16.6. The van der Waals surface area contributed by atoms with Gasteiger partial charge >= 0.3 is 0 Å². The van der Waals surface area contributed by atoms with Gasteiger partial charge in [0.15, 0.2) is 11.5 Å². The van der Waals surface area contributed by atoms with E-state index in [1.54, 1.807) is 38.5 Å². The third kappa shape index (κ3) is 5.87. The highest BCUT2D eigenvalue weighted by atomic mass is 16.5. The Balaban J connectivity index is 2.16. The molecule has 0 bridgehead atoms. The van der Waals surface area contributed by atoms with E-state index < -0.39 is 0 Å². The van der Waals surface area contributed by atoms with Gasteiger partial charge in [0.1, 0.15) is 0 Å². The van der Waals surface area contributed by atoms with Gasteiger partial charge in [0.25, 0.3) is 5.91 Å². The van der Waals surface area contributed by atoms with Crippen LogP contribution in [0.3, 0.4) is 0 Å². The van der Waals surface area contributed by atoms with Gasteiger partial charge in [-0.1, -0.05) is 6.07 Å². The molecule has 0 aliphatic rings. The first-order valence-corrected chi connectivity index (χ1v) is 8.99. The summed E-state index contributed by atoms with van der Waals surface area (Å²) in [6, 6.07) is 12.2. The molecule has 2 aromatic rings. The Bertz CT molecular complexity index is 908. The van der Waals surface area contributed by atoms with Crippen molar-refractivity contribution < 1.29 is 19.1 Å². The molecule has 0 fully saturated rings. The lowest BCUT2D eigenvalue weighted by Crippen LogP contribution is -2.31. The van der Waals surface area contributed by atoms with Crippen LogP contribution in [0.2, 0.25) is 0 Å². The SMILES string of the molecule is COc1ccc(CNC(=O)c2cc(C#N)ccc2N[C@@H](C)CNC=O)cc1OC. The monoisotopic (exact) mass is 396 g/mol. The Morgan fingerprint density at radius 3 is 2.59 bits per heavy atom. The van der Waals surface area contributed by atoms with E-state index in [4.69, 9.17) is 9.47 Å². The van der Waals surface area contributed by atoms with Crippen LogP contribution in [0.15, 0.2) is 36.4 Å². The maximum atomic E-state index is 12.8. The van der Waals surface area contributed by atoms with Crippen molar-refractivity contribution in [2.45, 2.75) is 19.5 Å². The first-order chi connectivity index (χ1) is 14.0. The lowest BCUT2D eigenvalue weighted by molar-refractivity contribution is -0.109. The number of anilines is 1. The molecule has 2 amide bonds. The molecule has 0 spiro atoms. The number of rotatable bonds is 10. The third-order valence-corrected chi connectivity index (χ3v) is 4.20. The predicted molar refractivity (Wildman–Crippen MR) is 109 cm³/mol. The van der Waals surface area contributed by atoms with Crippen LogP contribution in [0, 0.1) is 11.3 Å². The molecule has 3 N–H and O–H groups in total. The number of carbonyl (C=O) groups excluding carboxylic acids is 2. The van der Waals surface area contributed by atoms with Crippen LogP contribution in [0.25, 0.3) is 0 Å². The average Bonchev–Trinajstić information content (AvgIpc) is 2.75. The maximum Gasteiger partial charge on any atom is 0.253 e. The molecule has 29 heavy (non-hydrogen) atoms. The fraction of sp³-hybridized carbons (Fsp3) is 0.286. The van der Waals surface area contributed by atoms with Gasteiger partial charge in [-0.25, -0.2) is 0 Å². The number of carbonyl (C=O) groups is 2. The first kappa shape index (κ1) is 21.6. The minimum Gasteiger partial charge on any atom is -0.493 e. The molecule has 1 atom stereocenters. The van der Waals surface area contributed by atoms with Crippen molar-refractivity contribution >= 4 is 18.0 Å². The summed E-state index contributed by atoms with van der Waals surface area (Å²) in [5.74, 6) is 0.855. The number of nitriles is 1. The summed E-state index contributed by atoms with van der Waals surface area (Å²) in [4.78, 5) is 23.3. The van der Waals surface area contributed by atoms with E-state index >= 15 is 0 Å². The van der Waals surface area contributed by atoms with Gasteiger partial charge in [0.2, 0.25) is 6.41 Å². The fourth-order valence-electron chi connectivity index (χ4n) is 2.74. The molecule has 0 aliphatic carbocycles. The fourth-order valence-corrected chi connectivity index (χ4v) is 2.74. The normalized spacial score (nSPS) is 11.0. The van der Waals surface area contributed by atoms with Gasteiger partial charge < -0.3 is 25.4 Å². The van der Waals surface area contributed by atoms with Gasteiger partial charge in [0, 0.05) is 24.8 Å². The maximum absolute atomic E-state index is 12.8. The molecular weight excluding hydrogens is 372 g/mol. The Hall–Kier alpha value is -3.73. The first-order valence-electron chi connectivity index (χ1n) is 8.99. The summed E-state index contributed by atoms with van der Waals surface area (Å²) >= 11 is 0. The van der Waals surface area contributed by atoms with Crippen LogP contribution < -0.4 is 25.4 Å². The van der Waals surface area contributed by atoms with Gasteiger partial charge in [-0.15, -0.1) is 0 Å². The summed E-state index contributed by atoms with van der Waals surface area (Å²) in [6.07, 6.45) is 0.619. The van der Waals surface area contributed by atoms with E-state index in [2.05, 4.69) is 16.0 Å². The van der Waals surface area contributed by atoms with Crippen molar-refractivity contribution in [3.8, 4) is 17.6 Å². The number of amides is 2. The molecular formula is C21H24N4O4. The second-order valence-electron chi connectivity index (χ2n) is 6.32.